The largest absolute Gasteiger partial charge is 0.382 e. The highest BCUT2D eigenvalue weighted by molar-refractivity contribution is 9.10. The predicted molar refractivity (Wildman–Crippen MR) is 427 cm³/mol. The summed E-state index contributed by atoms with van der Waals surface area (Å²) in [6, 6.07) is 30.7. The zero-order chi connectivity index (χ0) is 75.5. The lowest BCUT2D eigenvalue weighted by Gasteiger charge is -2.44. The molecule has 0 bridgehead atoms. The number of pyridine rings is 3. The molecule has 3 aliphatic heterocycles. The summed E-state index contributed by atoms with van der Waals surface area (Å²) in [6.07, 6.45) is 22.2. The van der Waals surface area contributed by atoms with Crippen molar-refractivity contribution >= 4 is 131 Å². The summed E-state index contributed by atoms with van der Waals surface area (Å²) in [5.41, 5.74) is 17.0. The van der Waals surface area contributed by atoms with Gasteiger partial charge in [-0.2, -0.15) is 0 Å². The fraction of sp³-hybridized carbons (Fsp3) is 0.403. The van der Waals surface area contributed by atoms with Crippen LogP contribution >= 0.6 is 85.5 Å². The molecule has 558 valence electrons. The number of halogens is 7. The maximum absolute atomic E-state index is 13.1. The van der Waals surface area contributed by atoms with Gasteiger partial charge in [-0.05, 0) is 183 Å². The number of aliphatic hydroxyl groups is 2. The number of anilines is 3. The second-order valence-electron chi connectivity index (χ2n) is 29.8. The van der Waals surface area contributed by atoms with E-state index < -0.39 is 34.2 Å². The second kappa shape index (κ2) is 33.5. The van der Waals surface area contributed by atoms with Crippen LogP contribution in [0.3, 0.4) is 0 Å². The van der Waals surface area contributed by atoms with Crippen LogP contribution in [0.15, 0.2) is 151 Å². The van der Waals surface area contributed by atoms with Crippen LogP contribution in [0, 0.1) is 16.2 Å². The number of rotatable bonds is 12. The predicted octanol–water partition coefficient (Wildman–Crippen LogP) is 15.7. The van der Waals surface area contributed by atoms with E-state index in [2.05, 4.69) is 158 Å². The Bertz CT molecular complexity index is 4640. The van der Waals surface area contributed by atoms with E-state index in [4.69, 9.17) is 75.3 Å². The molecule has 20 nitrogen and oxygen atoms in total. The van der Waals surface area contributed by atoms with Crippen molar-refractivity contribution in [2.75, 3.05) is 54.0 Å². The molecule has 2 unspecified atom stereocenters. The Hall–Kier alpha value is -6.26. The van der Waals surface area contributed by atoms with E-state index in [0.717, 1.165) is 119 Å². The molecule has 3 aromatic carbocycles. The molecule has 6 aliphatic rings. The van der Waals surface area contributed by atoms with E-state index >= 15 is 0 Å². The summed E-state index contributed by atoms with van der Waals surface area (Å²) < 4.78 is 33.2. The average Bonchev–Trinajstić information content (AvgIpc) is 1.61. The molecule has 0 amide bonds. The highest BCUT2D eigenvalue weighted by atomic mass is 79.9. The molecule has 9 heterocycles. The normalized spacial score (nSPS) is 20.0. The number of piperidine rings is 3. The first-order valence-electron chi connectivity index (χ1n) is 35.0. The van der Waals surface area contributed by atoms with Crippen LogP contribution in [0.5, 0.6) is 0 Å². The van der Waals surface area contributed by atoms with Crippen molar-refractivity contribution in [1.82, 2.24) is 54.3 Å². The first-order valence-corrected chi connectivity index (χ1v) is 40.4. The van der Waals surface area contributed by atoms with Crippen LogP contribution in [0.25, 0.3) is 0 Å². The van der Waals surface area contributed by atoms with E-state index in [1.807, 2.05) is 47.7 Å². The van der Waals surface area contributed by atoms with Crippen molar-refractivity contribution in [3.63, 3.8) is 0 Å². The van der Waals surface area contributed by atoms with Gasteiger partial charge in [-0.25, -0.2) is 52.7 Å². The van der Waals surface area contributed by atoms with Gasteiger partial charge in [-0.3, -0.25) is 14.8 Å². The minimum Gasteiger partial charge on any atom is -0.382 e. The second-order valence-corrected chi connectivity index (χ2v) is 36.8. The van der Waals surface area contributed by atoms with E-state index in [0.29, 0.717) is 34.4 Å². The highest BCUT2D eigenvalue weighted by Gasteiger charge is 2.51. The molecule has 29 heteroatoms. The molecule has 6 N–H and O–H groups in total. The van der Waals surface area contributed by atoms with E-state index in [1.165, 1.54) is 58.0 Å². The SMILES string of the molecule is CC(C)(C)[S@@](=O)N[C@@H]1c2ccccc2CC12CCN(c1cnc(Br)cn1)CC2.CC(C)(C)[S@@](=O)N[C@@H]1c2ccccc2CC12CCN(c1cnc(C(O)c3ccnc(Cl)c3Cl)cn1)CC2.N[C@@H]1c2ccccc2CC12CCN(c1cnc(C(O)c3ccnc(Cl)c3Cl)cn1)CC2.O=Cc1ccnc(Cl)c1Cl. The molecule has 15 rings (SSSR count). The van der Waals surface area contributed by atoms with Crippen molar-refractivity contribution < 1.29 is 23.4 Å². The summed E-state index contributed by atoms with van der Waals surface area (Å²) in [6.45, 7) is 17.3. The zero-order valence-electron chi connectivity index (χ0n) is 59.5. The number of benzene rings is 3. The van der Waals surface area contributed by atoms with Crippen LogP contribution in [0.1, 0.15) is 177 Å². The molecule has 3 aliphatic carbocycles. The van der Waals surface area contributed by atoms with Crippen LogP contribution in [-0.2, 0) is 41.2 Å². The molecule has 6 aromatic heterocycles. The van der Waals surface area contributed by atoms with Crippen molar-refractivity contribution in [3.8, 4) is 0 Å². The van der Waals surface area contributed by atoms with Crippen LogP contribution in [0.2, 0.25) is 30.5 Å². The smallest absolute Gasteiger partial charge is 0.151 e. The number of nitrogens with one attached hydrogen (secondary N) is 2. The Morgan fingerprint density at radius 3 is 1.19 bits per heavy atom. The molecule has 0 saturated carbocycles. The number of carbonyl (C=O) groups excluding carboxylic acids is 1. The number of nitrogens with zero attached hydrogens (tertiary/aromatic N) is 12. The van der Waals surface area contributed by atoms with Gasteiger partial charge < -0.3 is 30.6 Å². The minimum absolute atomic E-state index is 0.00201. The Balaban J connectivity index is 0.000000141. The third-order valence-electron chi connectivity index (χ3n) is 21.3. The average molecular weight is 1660 g/mol. The van der Waals surface area contributed by atoms with Gasteiger partial charge in [0.05, 0.1) is 107 Å². The number of carbonyl (C=O) groups is 1. The van der Waals surface area contributed by atoms with Crippen molar-refractivity contribution in [3.05, 3.63) is 243 Å². The Morgan fingerprint density at radius 2 is 0.830 bits per heavy atom. The first kappa shape index (κ1) is 79.3. The lowest BCUT2D eigenvalue weighted by molar-refractivity contribution is 0.112. The fourth-order valence-corrected chi connectivity index (χ4v) is 18.3. The number of hydrogen-bond donors (Lipinski definition) is 5. The number of aliphatic hydroxyl groups excluding tert-OH is 2. The van der Waals surface area contributed by atoms with Gasteiger partial charge in [0.1, 0.15) is 49.7 Å². The van der Waals surface area contributed by atoms with E-state index in [-0.39, 0.29) is 74.4 Å². The fourth-order valence-electron chi connectivity index (χ4n) is 15.2. The molecule has 9 aromatic rings. The Morgan fingerprint density at radius 1 is 0.481 bits per heavy atom. The molecular weight excluding hydrogens is 1570 g/mol. The lowest BCUT2D eigenvalue weighted by Crippen LogP contribution is -2.48. The van der Waals surface area contributed by atoms with E-state index in [1.54, 1.807) is 43.1 Å². The molecule has 3 fully saturated rings. The van der Waals surface area contributed by atoms with Gasteiger partial charge in [0.15, 0.2) is 6.29 Å². The van der Waals surface area contributed by atoms with Crippen LogP contribution < -0.4 is 29.9 Å². The molecular formula is C77H84BrCl6N15O5S2. The number of nitrogens with two attached hydrogens (primary N) is 1. The third kappa shape index (κ3) is 17.3. The first-order chi connectivity index (χ1) is 50.6. The maximum Gasteiger partial charge on any atom is 0.151 e. The van der Waals surface area contributed by atoms with Crippen molar-refractivity contribution in [2.45, 2.75) is 139 Å². The quantitative estimate of drug-likeness (QED) is 0.0562. The number of aromatic nitrogens is 9. The summed E-state index contributed by atoms with van der Waals surface area (Å²) >= 11 is 38.8. The van der Waals surface area contributed by atoms with Gasteiger partial charge in [0.2, 0.25) is 0 Å². The van der Waals surface area contributed by atoms with Crippen LogP contribution in [-0.4, -0.2) is 119 Å². The Kier molecular flexibility index (Phi) is 25.1. The molecule has 7 atom stereocenters. The van der Waals surface area contributed by atoms with Crippen LogP contribution in [0.4, 0.5) is 17.5 Å². The van der Waals surface area contributed by atoms with Crippen molar-refractivity contribution in [1.29, 1.82) is 0 Å². The summed E-state index contributed by atoms with van der Waals surface area (Å²) in [5.74, 6) is 2.49. The lowest BCUT2D eigenvalue weighted by atomic mass is 9.73. The number of hydrogen-bond acceptors (Lipinski definition) is 18. The van der Waals surface area contributed by atoms with Gasteiger partial charge in [-0.1, -0.05) is 142 Å². The van der Waals surface area contributed by atoms with Gasteiger partial charge in [-0.15, -0.1) is 0 Å². The zero-order valence-corrected chi connectivity index (χ0v) is 67.2. The minimum atomic E-state index is -1.16. The molecule has 106 heavy (non-hydrogen) atoms. The standard InChI is InChI=1S/C27H31Cl2N5O2S.C23H23Cl2N5O.C21H27BrN4OS.C6H3Cl2NO/c1-26(2,3)37(36)33-24-18-7-5-4-6-17(18)14-27(24)9-12-34(13-10-27)21-16-31-20(15-32-21)23(35)19-8-11-30-25(29)22(19)28;24-19-16(5-8-27-22(19)25)20(31)17-12-29-18(13-28-17)30-9-6-23(7-10-30)11-14-3-1-2-4-15(14)21(23)26;1-20(2,3)28(27)25-19-16-7-5-4-6-15(16)12-21(19)8-10-26(11-9-21)18-14-23-17(22)13-24-18;7-5-4(3-10)1-2-9-6(5)8/h4-8,11,15-16,23-24,33,35H,9-10,12-14H2,1-3H3;1-5,8,12-13,20-21,31H,6-7,9-11,26H2;4-7,13-14,19,25H,8-12H2,1-3H3;1-3H/t23?,24-,37-;20?,21-;19-,28-;/m111./s1. The summed E-state index contributed by atoms with van der Waals surface area (Å²) in [5, 5.41) is 22.5. The molecule has 3 spiro atoms. The topological polar surface area (TPSA) is 267 Å². The van der Waals surface area contributed by atoms with Gasteiger partial charge in [0, 0.05) is 80.6 Å². The summed E-state index contributed by atoms with van der Waals surface area (Å²) in [7, 11) is -2.27. The third-order valence-corrected chi connectivity index (χ3v) is 27.2. The van der Waals surface area contributed by atoms with E-state index in [9.17, 15) is 23.4 Å². The maximum atomic E-state index is 13.1. The monoisotopic (exact) mass is 1650 g/mol. The molecule has 3 saturated heterocycles. The summed E-state index contributed by atoms with van der Waals surface area (Å²) in [4.78, 5) is 55.4. The Labute approximate surface area is 662 Å². The number of aldehydes is 1. The number of fused-ring (bicyclic) bond motifs is 3. The van der Waals surface area contributed by atoms with Gasteiger partial charge >= 0.3 is 0 Å². The van der Waals surface area contributed by atoms with Crippen molar-refractivity contribution in [2.24, 2.45) is 22.0 Å². The van der Waals surface area contributed by atoms with Gasteiger partial charge in [0.25, 0.3) is 0 Å². The molecule has 0 radical (unpaired) electrons. The highest BCUT2D eigenvalue weighted by Crippen LogP contribution is 2.55.